The Bertz CT molecular complexity index is 584. The van der Waals surface area contributed by atoms with E-state index in [1.165, 1.54) is 0 Å². The number of esters is 1. The number of carbonyl (C=O) groups excluding carboxylic acids is 1. The Morgan fingerprint density at radius 1 is 1.41 bits per heavy atom. The van der Waals surface area contributed by atoms with Gasteiger partial charge in [-0.3, -0.25) is 9.97 Å². The van der Waals surface area contributed by atoms with Crippen LogP contribution in [0.3, 0.4) is 0 Å². The molecule has 17 heavy (non-hydrogen) atoms. The number of pyridine rings is 2. The molecular formula is C12H11BrN2O2. The summed E-state index contributed by atoms with van der Waals surface area (Å²) in [4.78, 5) is 20.2. The molecule has 0 aliphatic heterocycles. The Morgan fingerprint density at radius 2 is 2.18 bits per heavy atom. The first-order chi connectivity index (χ1) is 8.11. The molecule has 4 nitrogen and oxygen atoms in total. The molecule has 2 aromatic heterocycles. The summed E-state index contributed by atoms with van der Waals surface area (Å²) in [5, 5.41) is 0. The molecule has 0 N–H and O–H groups in total. The number of rotatable bonds is 2. The molecule has 0 spiro atoms. The van der Waals surface area contributed by atoms with Crippen molar-refractivity contribution in [2.75, 3.05) is 6.61 Å². The Hall–Kier alpha value is -1.49. The fourth-order valence-electron chi connectivity index (χ4n) is 1.54. The third-order valence-electron chi connectivity index (χ3n) is 2.32. The SMILES string of the molecule is CCOC(=O)c1cc2ncc(Br)cc2nc1C. The van der Waals surface area contributed by atoms with Gasteiger partial charge in [0.2, 0.25) is 0 Å². The first kappa shape index (κ1) is 12.0. The van der Waals surface area contributed by atoms with Gasteiger partial charge < -0.3 is 4.74 Å². The predicted octanol–water partition coefficient (Wildman–Crippen LogP) is 2.88. The third kappa shape index (κ3) is 2.44. The van der Waals surface area contributed by atoms with Gasteiger partial charge >= 0.3 is 5.97 Å². The lowest BCUT2D eigenvalue weighted by Crippen LogP contribution is -2.08. The molecule has 2 rings (SSSR count). The van der Waals surface area contributed by atoms with Crippen molar-refractivity contribution in [3.8, 4) is 0 Å². The van der Waals surface area contributed by atoms with E-state index in [1.54, 1.807) is 26.1 Å². The molecule has 2 aromatic rings. The zero-order chi connectivity index (χ0) is 12.4. The summed E-state index contributed by atoms with van der Waals surface area (Å²) in [5.41, 5.74) is 2.55. The summed E-state index contributed by atoms with van der Waals surface area (Å²) in [6.45, 7) is 3.91. The van der Waals surface area contributed by atoms with Crippen LogP contribution in [0.4, 0.5) is 0 Å². The molecule has 0 aliphatic rings. The van der Waals surface area contributed by atoms with Crippen LogP contribution >= 0.6 is 15.9 Å². The van der Waals surface area contributed by atoms with Gasteiger partial charge in [-0.25, -0.2) is 4.79 Å². The number of nitrogens with zero attached hydrogens (tertiary/aromatic N) is 2. The van der Waals surface area contributed by atoms with Gasteiger partial charge in [0, 0.05) is 10.7 Å². The maximum absolute atomic E-state index is 11.7. The average Bonchev–Trinajstić information content (AvgIpc) is 2.28. The lowest BCUT2D eigenvalue weighted by molar-refractivity contribution is 0.0525. The molecule has 0 radical (unpaired) electrons. The number of aryl methyl sites for hydroxylation is 1. The van der Waals surface area contributed by atoms with Gasteiger partial charge in [0.1, 0.15) is 0 Å². The molecule has 0 atom stereocenters. The highest BCUT2D eigenvalue weighted by Crippen LogP contribution is 2.19. The predicted molar refractivity (Wildman–Crippen MR) is 67.9 cm³/mol. The van der Waals surface area contributed by atoms with Crippen LogP contribution in [-0.2, 0) is 4.74 Å². The van der Waals surface area contributed by atoms with Crippen molar-refractivity contribution in [3.05, 3.63) is 34.1 Å². The Morgan fingerprint density at radius 3 is 2.88 bits per heavy atom. The molecule has 0 bridgehead atoms. The number of hydrogen-bond acceptors (Lipinski definition) is 4. The maximum Gasteiger partial charge on any atom is 0.340 e. The summed E-state index contributed by atoms with van der Waals surface area (Å²) in [5.74, 6) is -0.357. The van der Waals surface area contributed by atoms with E-state index < -0.39 is 0 Å². The van der Waals surface area contributed by atoms with E-state index in [1.807, 2.05) is 6.07 Å². The minimum Gasteiger partial charge on any atom is -0.462 e. The van der Waals surface area contributed by atoms with Gasteiger partial charge in [0.05, 0.1) is 28.9 Å². The summed E-state index contributed by atoms with van der Waals surface area (Å²) in [6.07, 6.45) is 1.67. The Labute approximate surface area is 107 Å². The number of hydrogen-bond donors (Lipinski definition) is 0. The molecule has 0 saturated carbocycles. The van der Waals surface area contributed by atoms with Crippen LogP contribution in [0, 0.1) is 6.92 Å². The highest BCUT2D eigenvalue weighted by atomic mass is 79.9. The van der Waals surface area contributed by atoms with Crippen LogP contribution in [0.1, 0.15) is 23.0 Å². The van der Waals surface area contributed by atoms with Gasteiger partial charge in [0.25, 0.3) is 0 Å². The number of aromatic nitrogens is 2. The normalized spacial score (nSPS) is 10.5. The smallest absolute Gasteiger partial charge is 0.340 e. The van der Waals surface area contributed by atoms with Gasteiger partial charge in [-0.1, -0.05) is 0 Å². The minimum absolute atomic E-state index is 0.351. The maximum atomic E-state index is 11.7. The second kappa shape index (κ2) is 4.79. The van der Waals surface area contributed by atoms with Crippen LogP contribution in [0.5, 0.6) is 0 Å². The molecular weight excluding hydrogens is 284 g/mol. The van der Waals surface area contributed by atoms with Crippen LogP contribution in [0.15, 0.2) is 22.8 Å². The number of halogens is 1. The highest BCUT2D eigenvalue weighted by molar-refractivity contribution is 9.10. The summed E-state index contributed by atoms with van der Waals surface area (Å²) in [7, 11) is 0. The van der Waals surface area contributed by atoms with Crippen molar-refractivity contribution in [1.82, 2.24) is 9.97 Å². The van der Waals surface area contributed by atoms with Crippen molar-refractivity contribution < 1.29 is 9.53 Å². The van der Waals surface area contributed by atoms with E-state index in [0.717, 1.165) is 9.99 Å². The molecule has 5 heteroatoms. The second-order valence-electron chi connectivity index (χ2n) is 3.53. The lowest BCUT2D eigenvalue weighted by atomic mass is 10.2. The Balaban J connectivity index is 2.55. The van der Waals surface area contributed by atoms with Crippen molar-refractivity contribution >= 4 is 32.9 Å². The lowest BCUT2D eigenvalue weighted by Gasteiger charge is -2.06. The molecule has 0 unspecified atom stereocenters. The van der Waals surface area contributed by atoms with E-state index in [9.17, 15) is 4.79 Å². The largest absolute Gasteiger partial charge is 0.462 e. The van der Waals surface area contributed by atoms with Crippen molar-refractivity contribution in [3.63, 3.8) is 0 Å². The fourth-order valence-corrected chi connectivity index (χ4v) is 1.86. The second-order valence-corrected chi connectivity index (χ2v) is 4.45. The molecule has 0 saturated heterocycles. The van der Waals surface area contributed by atoms with E-state index in [4.69, 9.17) is 4.74 Å². The van der Waals surface area contributed by atoms with Crippen LogP contribution < -0.4 is 0 Å². The zero-order valence-electron chi connectivity index (χ0n) is 9.53. The van der Waals surface area contributed by atoms with Gasteiger partial charge in [-0.05, 0) is 41.9 Å². The molecule has 88 valence electrons. The minimum atomic E-state index is -0.357. The topological polar surface area (TPSA) is 52.1 Å². The van der Waals surface area contributed by atoms with Gasteiger partial charge in [0.15, 0.2) is 0 Å². The monoisotopic (exact) mass is 294 g/mol. The summed E-state index contributed by atoms with van der Waals surface area (Å²) >= 11 is 3.34. The fraction of sp³-hybridized carbons (Fsp3) is 0.250. The third-order valence-corrected chi connectivity index (χ3v) is 2.75. The standard InChI is InChI=1S/C12H11BrN2O2/c1-3-17-12(16)9-5-10-11(15-7(9)2)4-8(13)6-14-10/h4-6H,3H2,1-2H3. The highest BCUT2D eigenvalue weighted by Gasteiger charge is 2.13. The first-order valence-corrected chi connectivity index (χ1v) is 6.01. The average molecular weight is 295 g/mol. The van der Waals surface area contributed by atoms with E-state index in [-0.39, 0.29) is 5.97 Å². The van der Waals surface area contributed by atoms with Crippen molar-refractivity contribution in [2.45, 2.75) is 13.8 Å². The van der Waals surface area contributed by atoms with E-state index in [0.29, 0.717) is 23.4 Å². The van der Waals surface area contributed by atoms with Crippen molar-refractivity contribution in [2.24, 2.45) is 0 Å². The molecule has 0 aliphatic carbocycles. The van der Waals surface area contributed by atoms with E-state index >= 15 is 0 Å². The number of carbonyl (C=O) groups is 1. The molecule has 0 fully saturated rings. The van der Waals surface area contributed by atoms with Gasteiger partial charge in [-0.15, -0.1) is 0 Å². The van der Waals surface area contributed by atoms with Crippen LogP contribution in [0.25, 0.3) is 11.0 Å². The zero-order valence-corrected chi connectivity index (χ0v) is 11.1. The Kier molecular flexibility index (Phi) is 3.38. The van der Waals surface area contributed by atoms with Crippen LogP contribution in [-0.4, -0.2) is 22.5 Å². The first-order valence-electron chi connectivity index (χ1n) is 5.22. The van der Waals surface area contributed by atoms with Gasteiger partial charge in [-0.2, -0.15) is 0 Å². The number of ether oxygens (including phenoxy) is 1. The summed E-state index contributed by atoms with van der Waals surface area (Å²) in [6, 6.07) is 3.58. The van der Waals surface area contributed by atoms with Crippen molar-refractivity contribution in [1.29, 1.82) is 0 Å². The molecule has 0 aromatic carbocycles. The van der Waals surface area contributed by atoms with Crippen LogP contribution in [0.2, 0.25) is 0 Å². The molecule has 2 heterocycles. The molecule has 0 amide bonds. The quantitative estimate of drug-likeness (QED) is 0.799. The van der Waals surface area contributed by atoms with E-state index in [2.05, 4.69) is 25.9 Å². The number of fused-ring (bicyclic) bond motifs is 1. The summed E-state index contributed by atoms with van der Waals surface area (Å²) < 4.78 is 5.83.